The van der Waals surface area contributed by atoms with Crippen molar-refractivity contribution in [3.8, 4) is 0 Å². The van der Waals surface area contributed by atoms with E-state index in [1.165, 1.54) is 11.0 Å². The lowest BCUT2D eigenvalue weighted by Gasteiger charge is -2.34. The monoisotopic (exact) mass is 538 g/mol. The molecule has 206 valence electrons. The summed E-state index contributed by atoms with van der Waals surface area (Å²) in [7, 11) is 0. The molecule has 8 heteroatoms. The average molecular weight is 539 g/mol. The zero-order valence-corrected chi connectivity index (χ0v) is 23.1. The molecule has 2 heterocycles. The molecule has 2 N–H and O–H groups in total. The van der Waals surface area contributed by atoms with E-state index >= 15 is 0 Å². The number of hydrogen-bond donors (Lipinski definition) is 2. The smallest absolute Gasteiger partial charge is 0.296 e. The van der Waals surface area contributed by atoms with Crippen LogP contribution in [0, 0.1) is 0 Å². The summed E-state index contributed by atoms with van der Waals surface area (Å²) >= 11 is 0. The second-order valence-electron chi connectivity index (χ2n) is 11.5. The lowest BCUT2D eigenvalue weighted by molar-refractivity contribution is -0.123. The number of benzene rings is 2. The Morgan fingerprint density at radius 3 is 2.38 bits per heavy atom. The van der Waals surface area contributed by atoms with Crippen LogP contribution in [-0.2, 0) is 15.0 Å². The molecule has 5 rings (SSSR count). The third-order valence-corrected chi connectivity index (χ3v) is 7.65. The van der Waals surface area contributed by atoms with Crippen molar-refractivity contribution in [2.75, 3.05) is 10.2 Å². The normalized spacial score (nSPS) is 16.2. The molecule has 0 radical (unpaired) electrons. The van der Waals surface area contributed by atoms with E-state index in [9.17, 15) is 19.2 Å². The van der Waals surface area contributed by atoms with Crippen LogP contribution in [0.4, 0.5) is 11.4 Å². The standard InChI is InChI=1S/C32H34N4O4/c1-32(2,3)22-12-14-24(15-13-22)36(31(40)20-11-16-26-25(18-20)28(37)30(39)35-26)27(21-8-7-17-33-19-21)29(38)34-23-9-5-4-6-10-23/h7-8,11-19,23,27H,4-6,9-10H2,1-3H3,(H,34,38)(H,35,37,39). The van der Waals surface area contributed by atoms with E-state index in [4.69, 9.17) is 0 Å². The molecular weight excluding hydrogens is 504 g/mol. The second kappa shape index (κ2) is 11.0. The molecule has 2 aromatic carbocycles. The molecular formula is C32H34N4O4. The molecule has 3 amide bonds. The van der Waals surface area contributed by atoms with E-state index in [1.807, 2.05) is 24.3 Å². The van der Waals surface area contributed by atoms with Crippen LogP contribution in [0.3, 0.4) is 0 Å². The molecule has 2 aliphatic rings. The molecule has 3 aromatic rings. The fourth-order valence-corrected chi connectivity index (χ4v) is 5.40. The van der Waals surface area contributed by atoms with Gasteiger partial charge in [-0.15, -0.1) is 0 Å². The molecule has 1 aromatic heterocycles. The average Bonchev–Trinajstić information content (AvgIpc) is 3.24. The Hall–Kier alpha value is -4.33. The van der Waals surface area contributed by atoms with Gasteiger partial charge in [0.1, 0.15) is 6.04 Å². The number of nitrogens with zero attached hydrogens (tertiary/aromatic N) is 2. The van der Waals surface area contributed by atoms with Gasteiger partial charge in [0.25, 0.3) is 17.6 Å². The van der Waals surface area contributed by atoms with Gasteiger partial charge in [0.05, 0.1) is 11.3 Å². The van der Waals surface area contributed by atoms with Gasteiger partial charge in [0.2, 0.25) is 5.91 Å². The summed E-state index contributed by atoms with van der Waals surface area (Å²) in [5.74, 6) is -2.17. The summed E-state index contributed by atoms with van der Waals surface area (Å²) in [6.45, 7) is 6.33. The Morgan fingerprint density at radius 1 is 1.00 bits per heavy atom. The van der Waals surface area contributed by atoms with Crippen molar-refractivity contribution >= 4 is 34.9 Å². The second-order valence-corrected chi connectivity index (χ2v) is 11.5. The van der Waals surface area contributed by atoms with Crippen LogP contribution in [-0.4, -0.2) is 34.5 Å². The first-order valence-corrected chi connectivity index (χ1v) is 13.8. The van der Waals surface area contributed by atoms with E-state index < -0.39 is 23.6 Å². The number of nitrogens with one attached hydrogen (secondary N) is 2. The lowest BCUT2D eigenvalue weighted by Crippen LogP contribution is -2.47. The summed E-state index contributed by atoms with van der Waals surface area (Å²) in [4.78, 5) is 58.4. The van der Waals surface area contributed by atoms with E-state index in [0.29, 0.717) is 16.9 Å². The number of hydrogen-bond acceptors (Lipinski definition) is 5. The summed E-state index contributed by atoms with van der Waals surface area (Å²) in [5, 5.41) is 5.72. The minimum absolute atomic E-state index is 0.0374. The summed E-state index contributed by atoms with van der Waals surface area (Å²) in [6.07, 6.45) is 8.27. The van der Waals surface area contributed by atoms with Gasteiger partial charge in [-0.3, -0.25) is 29.1 Å². The molecule has 1 saturated carbocycles. The van der Waals surface area contributed by atoms with Gasteiger partial charge in [0, 0.05) is 35.2 Å². The molecule has 0 saturated heterocycles. The maximum absolute atomic E-state index is 14.3. The van der Waals surface area contributed by atoms with Crippen LogP contribution < -0.4 is 15.5 Å². The molecule has 40 heavy (non-hydrogen) atoms. The number of aromatic nitrogens is 1. The van der Waals surface area contributed by atoms with Crippen molar-refractivity contribution in [3.05, 3.63) is 89.2 Å². The molecule has 0 bridgehead atoms. The Morgan fingerprint density at radius 2 is 1.73 bits per heavy atom. The van der Waals surface area contributed by atoms with Crippen molar-refractivity contribution in [2.24, 2.45) is 0 Å². The quantitative estimate of drug-likeness (QED) is 0.411. The predicted molar refractivity (Wildman–Crippen MR) is 153 cm³/mol. The predicted octanol–water partition coefficient (Wildman–Crippen LogP) is 5.35. The third kappa shape index (κ3) is 5.52. The van der Waals surface area contributed by atoms with Crippen molar-refractivity contribution in [1.29, 1.82) is 0 Å². The highest BCUT2D eigenvalue weighted by Gasteiger charge is 2.36. The fraction of sp³-hybridized carbons (Fsp3) is 0.344. The highest BCUT2D eigenvalue weighted by atomic mass is 16.2. The zero-order valence-electron chi connectivity index (χ0n) is 23.1. The molecule has 1 aliphatic carbocycles. The van der Waals surface area contributed by atoms with Gasteiger partial charge in [0.15, 0.2) is 0 Å². The lowest BCUT2D eigenvalue weighted by atomic mass is 9.87. The van der Waals surface area contributed by atoms with Crippen molar-refractivity contribution in [3.63, 3.8) is 0 Å². The topological polar surface area (TPSA) is 108 Å². The molecule has 1 atom stereocenters. The maximum Gasteiger partial charge on any atom is 0.296 e. The summed E-state index contributed by atoms with van der Waals surface area (Å²) in [6, 6.07) is 14.7. The Balaban J connectivity index is 1.61. The number of amides is 3. The number of Topliss-reactive ketones (excluding diaryl/α,β-unsaturated/α-hetero) is 1. The van der Waals surface area contributed by atoms with Gasteiger partial charge < -0.3 is 10.6 Å². The van der Waals surface area contributed by atoms with Crippen molar-refractivity contribution in [2.45, 2.75) is 70.4 Å². The first-order chi connectivity index (χ1) is 19.1. The van der Waals surface area contributed by atoms with Crippen LogP contribution in [0.15, 0.2) is 67.0 Å². The number of carbonyl (C=O) groups excluding carboxylic acids is 4. The van der Waals surface area contributed by atoms with E-state index in [1.54, 1.807) is 36.7 Å². The third-order valence-electron chi connectivity index (χ3n) is 7.65. The highest BCUT2D eigenvalue weighted by Crippen LogP contribution is 2.33. The van der Waals surface area contributed by atoms with Crippen LogP contribution in [0.5, 0.6) is 0 Å². The number of ketones is 1. The van der Waals surface area contributed by atoms with Gasteiger partial charge in [-0.1, -0.05) is 58.2 Å². The largest absolute Gasteiger partial charge is 0.351 e. The number of carbonyl (C=O) groups is 4. The summed E-state index contributed by atoms with van der Waals surface area (Å²) < 4.78 is 0. The maximum atomic E-state index is 14.3. The number of pyridine rings is 1. The molecule has 1 fully saturated rings. The molecule has 1 aliphatic heterocycles. The molecule has 8 nitrogen and oxygen atoms in total. The Bertz CT molecular complexity index is 1440. The highest BCUT2D eigenvalue weighted by molar-refractivity contribution is 6.51. The zero-order chi connectivity index (χ0) is 28.4. The number of fused-ring (bicyclic) bond motifs is 1. The van der Waals surface area contributed by atoms with Crippen molar-refractivity contribution in [1.82, 2.24) is 10.3 Å². The first kappa shape index (κ1) is 27.2. The molecule has 1 unspecified atom stereocenters. The van der Waals surface area contributed by atoms with Crippen LogP contribution in [0.25, 0.3) is 0 Å². The van der Waals surface area contributed by atoms with Crippen LogP contribution in [0.2, 0.25) is 0 Å². The SMILES string of the molecule is CC(C)(C)c1ccc(N(C(=O)c2ccc3c(c2)C(=O)C(=O)N3)C(C(=O)NC2CCCCC2)c2cccnc2)cc1. The van der Waals surface area contributed by atoms with E-state index in [-0.39, 0.29) is 28.5 Å². The minimum atomic E-state index is -1.01. The van der Waals surface area contributed by atoms with Gasteiger partial charge in [-0.05, 0) is 60.2 Å². The summed E-state index contributed by atoms with van der Waals surface area (Å²) in [5.41, 5.74) is 2.79. The first-order valence-electron chi connectivity index (χ1n) is 13.8. The molecule has 0 spiro atoms. The van der Waals surface area contributed by atoms with Gasteiger partial charge >= 0.3 is 0 Å². The van der Waals surface area contributed by atoms with Gasteiger partial charge in [-0.2, -0.15) is 0 Å². The minimum Gasteiger partial charge on any atom is -0.351 e. The number of rotatable bonds is 6. The van der Waals surface area contributed by atoms with Crippen LogP contribution >= 0.6 is 0 Å². The van der Waals surface area contributed by atoms with E-state index in [0.717, 1.165) is 37.7 Å². The number of anilines is 2. The van der Waals surface area contributed by atoms with Crippen molar-refractivity contribution < 1.29 is 19.2 Å². The van der Waals surface area contributed by atoms with Crippen LogP contribution in [0.1, 0.15) is 90.8 Å². The van der Waals surface area contributed by atoms with E-state index in [2.05, 4.69) is 36.4 Å². The Labute approximate surface area is 234 Å². The Kier molecular flexibility index (Phi) is 7.52. The fourth-order valence-electron chi connectivity index (χ4n) is 5.40. The van der Waals surface area contributed by atoms with Gasteiger partial charge in [-0.25, -0.2) is 0 Å².